The van der Waals surface area contributed by atoms with Gasteiger partial charge in [0.1, 0.15) is 0 Å². The van der Waals surface area contributed by atoms with Crippen molar-refractivity contribution in [1.29, 1.82) is 0 Å². The van der Waals surface area contributed by atoms with E-state index in [9.17, 15) is 8.42 Å². The highest BCUT2D eigenvalue weighted by Gasteiger charge is 2.07. The van der Waals surface area contributed by atoms with Gasteiger partial charge in [0.25, 0.3) is 0 Å². The molecule has 0 bridgehead atoms. The standard InChI is InChI=1S/C13H16N2O2S3/c1-3-14-13-15-8-11(19-13)9-18-10-4-6-12(7-5-10)20(2,16)17/h4-8H,3,9H2,1-2H3,(H,14,15). The molecule has 20 heavy (non-hydrogen) atoms. The third kappa shape index (κ3) is 4.22. The molecule has 0 amide bonds. The molecule has 0 fully saturated rings. The Morgan fingerprint density at radius 3 is 2.60 bits per heavy atom. The maximum atomic E-state index is 11.4. The Kier molecular flexibility index (Phi) is 5.06. The van der Waals surface area contributed by atoms with Gasteiger partial charge in [-0.05, 0) is 31.2 Å². The predicted molar refractivity (Wildman–Crippen MR) is 85.4 cm³/mol. The number of sulfone groups is 1. The van der Waals surface area contributed by atoms with E-state index in [1.54, 1.807) is 35.2 Å². The van der Waals surface area contributed by atoms with Gasteiger partial charge in [0.2, 0.25) is 0 Å². The molecule has 2 aromatic rings. The minimum Gasteiger partial charge on any atom is -0.362 e. The molecular formula is C13H16N2O2S3. The summed E-state index contributed by atoms with van der Waals surface area (Å²) in [6.45, 7) is 2.91. The van der Waals surface area contributed by atoms with Crippen LogP contribution in [0.1, 0.15) is 11.8 Å². The summed E-state index contributed by atoms with van der Waals surface area (Å²) in [5, 5.41) is 4.12. The minimum absolute atomic E-state index is 0.356. The van der Waals surface area contributed by atoms with E-state index in [1.807, 2.05) is 25.3 Å². The van der Waals surface area contributed by atoms with Crippen molar-refractivity contribution in [3.8, 4) is 0 Å². The van der Waals surface area contributed by atoms with Gasteiger partial charge >= 0.3 is 0 Å². The van der Waals surface area contributed by atoms with Gasteiger partial charge in [-0.3, -0.25) is 0 Å². The molecule has 4 nitrogen and oxygen atoms in total. The molecule has 0 aliphatic heterocycles. The molecule has 0 spiro atoms. The molecule has 1 N–H and O–H groups in total. The first-order valence-corrected chi connectivity index (χ1v) is 9.80. The third-order valence-electron chi connectivity index (χ3n) is 2.51. The zero-order valence-corrected chi connectivity index (χ0v) is 13.7. The van der Waals surface area contributed by atoms with E-state index in [0.717, 1.165) is 22.3 Å². The lowest BCUT2D eigenvalue weighted by Gasteiger charge is -2.01. The van der Waals surface area contributed by atoms with Gasteiger partial charge in [-0.2, -0.15) is 0 Å². The smallest absolute Gasteiger partial charge is 0.182 e. The van der Waals surface area contributed by atoms with Gasteiger partial charge < -0.3 is 5.32 Å². The van der Waals surface area contributed by atoms with Crippen LogP contribution in [0.4, 0.5) is 5.13 Å². The first kappa shape index (κ1) is 15.3. The van der Waals surface area contributed by atoms with Crippen molar-refractivity contribution >= 4 is 38.1 Å². The van der Waals surface area contributed by atoms with E-state index >= 15 is 0 Å². The quantitative estimate of drug-likeness (QED) is 0.825. The normalized spacial score (nSPS) is 11.5. The van der Waals surface area contributed by atoms with Crippen molar-refractivity contribution in [2.45, 2.75) is 22.5 Å². The second kappa shape index (κ2) is 6.60. The molecule has 0 aliphatic rings. The van der Waals surface area contributed by atoms with Crippen molar-refractivity contribution in [3.63, 3.8) is 0 Å². The van der Waals surface area contributed by atoms with Crippen LogP contribution >= 0.6 is 23.1 Å². The number of rotatable bonds is 6. The Labute approximate surface area is 127 Å². The van der Waals surface area contributed by atoms with Crippen molar-refractivity contribution in [3.05, 3.63) is 35.3 Å². The number of anilines is 1. The van der Waals surface area contributed by atoms with E-state index in [0.29, 0.717) is 4.90 Å². The Balaban J connectivity index is 1.96. The molecule has 0 unspecified atom stereocenters. The molecule has 108 valence electrons. The Morgan fingerprint density at radius 1 is 1.30 bits per heavy atom. The lowest BCUT2D eigenvalue weighted by Crippen LogP contribution is -1.95. The lowest BCUT2D eigenvalue weighted by atomic mass is 10.4. The Morgan fingerprint density at radius 2 is 2.00 bits per heavy atom. The van der Waals surface area contributed by atoms with E-state index in [1.165, 1.54) is 11.1 Å². The first-order valence-electron chi connectivity index (χ1n) is 6.10. The summed E-state index contributed by atoms with van der Waals surface area (Å²) in [6, 6.07) is 6.98. The van der Waals surface area contributed by atoms with Gasteiger partial charge in [0.05, 0.1) is 4.90 Å². The van der Waals surface area contributed by atoms with Gasteiger partial charge in [-0.25, -0.2) is 13.4 Å². The SMILES string of the molecule is CCNc1ncc(CSc2ccc(S(C)(=O)=O)cc2)s1. The van der Waals surface area contributed by atoms with Crippen LogP contribution in [0.25, 0.3) is 0 Å². The summed E-state index contributed by atoms with van der Waals surface area (Å²) in [7, 11) is -3.12. The highest BCUT2D eigenvalue weighted by Crippen LogP contribution is 2.28. The molecule has 0 saturated carbocycles. The number of hydrogen-bond acceptors (Lipinski definition) is 6. The molecule has 0 atom stereocenters. The number of thioether (sulfide) groups is 1. The molecule has 2 rings (SSSR count). The van der Waals surface area contributed by atoms with Crippen molar-refractivity contribution in [2.75, 3.05) is 18.1 Å². The van der Waals surface area contributed by atoms with Crippen molar-refractivity contribution < 1.29 is 8.42 Å². The summed E-state index contributed by atoms with van der Waals surface area (Å²) < 4.78 is 22.7. The monoisotopic (exact) mass is 328 g/mol. The Bertz CT molecular complexity index is 663. The fourth-order valence-electron chi connectivity index (χ4n) is 1.54. The van der Waals surface area contributed by atoms with E-state index in [-0.39, 0.29) is 0 Å². The predicted octanol–water partition coefficient (Wildman–Crippen LogP) is 3.27. The molecular weight excluding hydrogens is 312 g/mol. The summed E-state index contributed by atoms with van der Waals surface area (Å²) in [5.74, 6) is 0.835. The van der Waals surface area contributed by atoms with Crippen LogP contribution in [0, 0.1) is 0 Å². The maximum absolute atomic E-state index is 11.4. The Hall–Kier alpha value is -1.05. The van der Waals surface area contributed by atoms with Gasteiger partial charge in [-0.15, -0.1) is 23.1 Å². The highest BCUT2D eigenvalue weighted by molar-refractivity contribution is 7.98. The summed E-state index contributed by atoms with van der Waals surface area (Å²) in [5.41, 5.74) is 0. The third-order valence-corrected chi connectivity index (χ3v) is 5.84. The van der Waals surface area contributed by atoms with Crippen LogP contribution in [-0.2, 0) is 15.6 Å². The zero-order chi connectivity index (χ0) is 14.6. The van der Waals surface area contributed by atoms with E-state index in [4.69, 9.17) is 0 Å². The average molecular weight is 328 g/mol. The first-order chi connectivity index (χ1) is 9.49. The van der Waals surface area contributed by atoms with Crippen LogP contribution in [-0.4, -0.2) is 26.2 Å². The number of nitrogens with zero attached hydrogens (tertiary/aromatic N) is 1. The van der Waals surface area contributed by atoms with E-state index in [2.05, 4.69) is 10.3 Å². The van der Waals surface area contributed by atoms with Crippen LogP contribution in [0.5, 0.6) is 0 Å². The summed E-state index contributed by atoms with van der Waals surface area (Å²) in [4.78, 5) is 6.88. The minimum atomic E-state index is -3.12. The van der Waals surface area contributed by atoms with Crippen LogP contribution < -0.4 is 5.32 Å². The summed E-state index contributed by atoms with van der Waals surface area (Å²) >= 11 is 3.32. The number of aromatic nitrogens is 1. The average Bonchev–Trinajstić information content (AvgIpc) is 2.84. The number of thiazole rings is 1. The van der Waals surface area contributed by atoms with Gasteiger partial charge in [0.15, 0.2) is 15.0 Å². The van der Waals surface area contributed by atoms with Crippen LogP contribution in [0.15, 0.2) is 40.3 Å². The lowest BCUT2D eigenvalue weighted by molar-refractivity contribution is 0.602. The highest BCUT2D eigenvalue weighted by atomic mass is 32.2. The van der Waals surface area contributed by atoms with Crippen molar-refractivity contribution in [1.82, 2.24) is 4.98 Å². The second-order valence-corrected chi connectivity index (χ2v) is 8.37. The second-order valence-electron chi connectivity index (χ2n) is 4.19. The zero-order valence-electron chi connectivity index (χ0n) is 11.3. The van der Waals surface area contributed by atoms with Crippen LogP contribution in [0.2, 0.25) is 0 Å². The number of nitrogens with one attached hydrogen (secondary N) is 1. The summed E-state index contributed by atoms with van der Waals surface area (Å²) in [6.07, 6.45) is 3.09. The fourth-order valence-corrected chi connectivity index (χ4v) is 3.98. The molecule has 7 heteroatoms. The maximum Gasteiger partial charge on any atom is 0.182 e. The molecule has 1 aromatic carbocycles. The molecule has 1 heterocycles. The number of hydrogen-bond donors (Lipinski definition) is 1. The van der Waals surface area contributed by atoms with Crippen molar-refractivity contribution in [2.24, 2.45) is 0 Å². The van der Waals surface area contributed by atoms with E-state index < -0.39 is 9.84 Å². The molecule has 0 aliphatic carbocycles. The fraction of sp³-hybridized carbons (Fsp3) is 0.308. The molecule has 0 radical (unpaired) electrons. The van der Waals surface area contributed by atoms with Gasteiger partial charge in [0, 0.05) is 34.5 Å². The molecule has 0 saturated heterocycles. The number of benzene rings is 1. The molecule has 1 aromatic heterocycles. The largest absolute Gasteiger partial charge is 0.362 e. The van der Waals surface area contributed by atoms with Crippen LogP contribution in [0.3, 0.4) is 0 Å². The van der Waals surface area contributed by atoms with Gasteiger partial charge in [-0.1, -0.05) is 0 Å². The topological polar surface area (TPSA) is 59.1 Å².